The number of aromatic hydroxyl groups is 1. The molecule has 0 aromatic heterocycles. The average Bonchev–Trinajstić information content (AvgIpc) is 3.42. The molecular weight excluding hydrogens is 620 g/mol. The summed E-state index contributed by atoms with van der Waals surface area (Å²) in [6, 6.07) is 5.23. The molecule has 48 heavy (non-hydrogen) atoms. The topological polar surface area (TPSA) is 113 Å². The van der Waals surface area contributed by atoms with E-state index in [1.165, 1.54) is 0 Å². The summed E-state index contributed by atoms with van der Waals surface area (Å²) in [5.41, 5.74) is -0.530. The molecule has 8 saturated heterocycles. The van der Waals surface area contributed by atoms with Crippen LogP contribution in [-0.4, -0.2) is 53.0 Å². The molecule has 1 N–H and O–H groups in total. The minimum absolute atomic E-state index is 0.00164. The Balaban J connectivity index is 0.922. The lowest BCUT2D eigenvalue weighted by atomic mass is 9.58. The van der Waals surface area contributed by atoms with E-state index in [4.69, 9.17) is 48.0 Å². The van der Waals surface area contributed by atoms with Gasteiger partial charge >= 0.3 is 0 Å². The van der Waals surface area contributed by atoms with E-state index in [1.807, 2.05) is 19.9 Å². The molecule has 0 amide bonds. The predicted octanol–water partition coefficient (Wildman–Crippen LogP) is 6.70. The Morgan fingerprint density at radius 3 is 1.79 bits per heavy atom. The Morgan fingerprint density at radius 1 is 0.667 bits per heavy atom. The minimum Gasteiger partial charge on any atom is -0.508 e. The molecule has 8 aliphatic heterocycles. The normalized spacial score (nSPS) is 53.7. The number of phenolic OH excluding ortho intramolecular Hbond substituents is 1. The van der Waals surface area contributed by atoms with Gasteiger partial charge in [0.25, 0.3) is 0 Å². The molecule has 11 heteroatoms. The summed E-state index contributed by atoms with van der Waals surface area (Å²) in [4.78, 5) is 24.5. The number of ether oxygens (including phenoxy) is 6. The molecule has 8 heterocycles. The van der Waals surface area contributed by atoms with E-state index >= 15 is 0 Å². The Hall–Kier alpha value is -1.54. The average molecular weight is 673 g/mol. The van der Waals surface area contributed by atoms with Gasteiger partial charge in [0.15, 0.2) is 30.1 Å². The second-order valence-electron chi connectivity index (χ2n) is 16.8. The molecule has 0 radical (unpaired) electrons. The largest absolute Gasteiger partial charge is 0.508 e. The van der Waals surface area contributed by atoms with Crippen molar-refractivity contribution in [2.75, 3.05) is 0 Å². The summed E-state index contributed by atoms with van der Waals surface area (Å²) in [7, 11) is 0. The molecule has 16 atom stereocenters. The van der Waals surface area contributed by atoms with E-state index in [0.717, 1.165) is 56.9 Å². The van der Waals surface area contributed by atoms with Crippen LogP contribution in [0.25, 0.3) is 0 Å². The molecule has 10 aliphatic rings. The van der Waals surface area contributed by atoms with Crippen molar-refractivity contribution in [2.45, 2.75) is 147 Å². The highest BCUT2D eigenvalue weighted by Crippen LogP contribution is 2.62. The number of fused-ring (bicyclic) bond motifs is 4. The molecule has 0 unspecified atom stereocenters. The van der Waals surface area contributed by atoms with Gasteiger partial charge in [0.1, 0.15) is 11.5 Å². The summed E-state index contributed by atoms with van der Waals surface area (Å²) in [5, 5.41) is 10.8. The first-order valence-electron chi connectivity index (χ1n) is 18.4. The van der Waals surface area contributed by atoms with E-state index in [0.29, 0.717) is 23.5 Å². The first-order valence-corrected chi connectivity index (χ1v) is 18.4. The second-order valence-corrected chi connectivity index (χ2v) is 16.8. The van der Waals surface area contributed by atoms with Crippen molar-refractivity contribution in [1.82, 2.24) is 0 Å². The smallest absolute Gasteiger partial charge is 0.205 e. The number of phenols is 1. The monoisotopic (exact) mass is 672 g/mol. The Kier molecular flexibility index (Phi) is 7.57. The van der Waals surface area contributed by atoms with Crippen molar-refractivity contribution in [1.29, 1.82) is 0 Å². The lowest BCUT2D eigenvalue weighted by Gasteiger charge is -2.60. The zero-order chi connectivity index (χ0) is 33.2. The van der Waals surface area contributed by atoms with Gasteiger partial charge in [0, 0.05) is 42.6 Å². The molecule has 10 fully saturated rings. The van der Waals surface area contributed by atoms with Crippen LogP contribution in [0.1, 0.15) is 98.5 Å². The Bertz CT molecular complexity index is 1410. The highest BCUT2D eigenvalue weighted by atomic mass is 17.3. The third-order valence-corrected chi connectivity index (χ3v) is 13.8. The van der Waals surface area contributed by atoms with Crippen LogP contribution in [0.5, 0.6) is 11.5 Å². The van der Waals surface area contributed by atoms with Crippen LogP contribution < -0.4 is 4.74 Å². The summed E-state index contributed by atoms with van der Waals surface area (Å²) in [6.07, 6.45) is 5.40. The van der Waals surface area contributed by atoms with Crippen molar-refractivity contribution >= 4 is 0 Å². The standard InChI is InChI=1S/C37H52O11/c1-19-7-9-28-21(3)30(41-32-36(28)26(19)11-13-34(5,43-32)45-47-36)39-18-23-15-24(38)17-25(16-23)40-31-22(4)29-10-8-20(2)27-12-14-35(6)44-33(42-31)37(27,29)48-46-35/h15-17,19-22,26-33,38H,7-14,18H2,1-6H3/t19-,20-,21-,22-,26+,27+,28+,29+,30+,31+,32-,33-,34-,35-,36-,37-/m1/s1. The first-order chi connectivity index (χ1) is 22.9. The molecular formula is C37H52O11. The molecule has 2 saturated carbocycles. The van der Waals surface area contributed by atoms with E-state index in [2.05, 4.69) is 27.7 Å². The number of rotatable bonds is 5. The van der Waals surface area contributed by atoms with Gasteiger partial charge in [-0.1, -0.05) is 27.7 Å². The van der Waals surface area contributed by atoms with Crippen LogP contribution >= 0.6 is 0 Å². The van der Waals surface area contributed by atoms with Crippen LogP contribution in [0.15, 0.2) is 18.2 Å². The van der Waals surface area contributed by atoms with Crippen LogP contribution in [0.4, 0.5) is 0 Å². The Morgan fingerprint density at radius 2 is 1.21 bits per heavy atom. The second kappa shape index (κ2) is 11.2. The maximum absolute atomic E-state index is 10.8. The fourth-order valence-corrected chi connectivity index (χ4v) is 11.2. The Labute approximate surface area is 282 Å². The van der Waals surface area contributed by atoms with Crippen LogP contribution in [0, 0.1) is 47.3 Å². The summed E-state index contributed by atoms with van der Waals surface area (Å²) in [5.74, 6) is 0.809. The van der Waals surface area contributed by atoms with Gasteiger partial charge in [-0.2, -0.15) is 0 Å². The number of hydrogen-bond acceptors (Lipinski definition) is 11. The maximum Gasteiger partial charge on any atom is 0.205 e. The SMILES string of the molecule is C[C@H]1[C@@H](OCc2cc(O)cc(O[C@H]3O[C@@H]4O[C@@]5(C)CC[C@H]6[C@H](C)CC[C@@H]([C@H]3C)[C@@]46OO5)c2)O[C@@H]2O[C@@]3(C)CC[C@H]4[C@H](C)CC[C@@H]1[C@@]24OO3. The molecule has 4 bridgehead atoms. The van der Waals surface area contributed by atoms with Crippen molar-refractivity contribution < 1.29 is 53.1 Å². The van der Waals surface area contributed by atoms with E-state index in [9.17, 15) is 5.11 Å². The molecule has 2 spiro atoms. The van der Waals surface area contributed by atoms with Gasteiger partial charge < -0.3 is 33.5 Å². The van der Waals surface area contributed by atoms with Crippen molar-refractivity contribution in [3.05, 3.63) is 23.8 Å². The van der Waals surface area contributed by atoms with Gasteiger partial charge in [-0.15, -0.1) is 0 Å². The highest BCUT2D eigenvalue weighted by molar-refractivity contribution is 5.37. The van der Waals surface area contributed by atoms with Crippen molar-refractivity contribution in [2.24, 2.45) is 47.3 Å². The summed E-state index contributed by atoms with van der Waals surface area (Å²) in [6.45, 7) is 13.0. The number of benzene rings is 1. The third-order valence-electron chi connectivity index (χ3n) is 13.8. The summed E-state index contributed by atoms with van der Waals surface area (Å²) >= 11 is 0. The predicted molar refractivity (Wildman–Crippen MR) is 167 cm³/mol. The van der Waals surface area contributed by atoms with Crippen molar-refractivity contribution in [3.8, 4) is 11.5 Å². The first kappa shape index (κ1) is 32.4. The quantitative estimate of drug-likeness (QED) is 0.337. The fraction of sp³-hybridized carbons (Fsp3) is 0.838. The van der Waals surface area contributed by atoms with Crippen LogP contribution in [0.3, 0.4) is 0 Å². The molecule has 1 aromatic carbocycles. The van der Waals surface area contributed by atoms with E-state index in [-0.39, 0.29) is 41.9 Å². The van der Waals surface area contributed by atoms with E-state index < -0.39 is 47.9 Å². The summed E-state index contributed by atoms with van der Waals surface area (Å²) < 4.78 is 39.3. The third kappa shape index (κ3) is 4.71. The lowest BCUT2D eigenvalue weighted by Crippen LogP contribution is -2.70. The number of hydrogen-bond donors (Lipinski definition) is 1. The van der Waals surface area contributed by atoms with Crippen LogP contribution in [0.2, 0.25) is 0 Å². The maximum atomic E-state index is 10.8. The van der Waals surface area contributed by atoms with Gasteiger partial charge in [-0.3, -0.25) is 0 Å². The fourth-order valence-electron chi connectivity index (χ4n) is 11.2. The molecule has 266 valence electrons. The molecule has 1 aromatic rings. The minimum atomic E-state index is -0.856. The van der Waals surface area contributed by atoms with Gasteiger partial charge in [-0.05, 0) is 93.7 Å². The highest BCUT2D eigenvalue weighted by Gasteiger charge is 2.71. The zero-order valence-corrected chi connectivity index (χ0v) is 29.1. The molecule has 11 rings (SSSR count). The molecule has 2 aliphatic carbocycles. The van der Waals surface area contributed by atoms with Gasteiger partial charge in [0.05, 0.1) is 6.61 Å². The van der Waals surface area contributed by atoms with Gasteiger partial charge in [-0.25, -0.2) is 19.6 Å². The molecule has 11 nitrogen and oxygen atoms in total. The van der Waals surface area contributed by atoms with E-state index in [1.54, 1.807) is 12.1 Å². The lowest BCUT2D eigenvalue weighted by molar-refractivity contribution is -0.577. The zero-order valence-electron chi connectivity index (χ0n) is 29.1. The van der Waals surface area contributed by atoms with Gasteiger partial charge in [0.2, 0.25) is 17.9 Å². The van der Waals surface area contributed by atoms with Crippen molar-refractivity contribution in [3.63, 3.8) is 0 Å². The van der Waals surface area contributed by atoms with Crippen LogP contribution in [-0.2, 0) is 49.8 Å².